The first kappa shape index (κ1) is 33.7. The Bertz CT molecular complexity index is 1540. The van der Waals surface area contributed by atoms with Crippen LogP contribution in [0.15, 0.2) is 59.2 Å². The largest absolute Gasteiger partial charge is 0.507 e. The van der Waals surface area contributed by atoms with E-state index in [-0.39, 0.29) is 24.6 Å². The number of phenolic OH excluding ortho intramolecular Hbond substituents is 1. The van der Waals surface area contributed by atoms with Crippen molar-refractivity contribution in [3.8, 4) is 5.75 Å². The molecule has 2 aromatic rings. The number of benzene rings is 2. The van der Waals surface area contributed by atoms with Crippen LogP contribution in [0.4, 0.5) is 32.0 Å². The van der Waals surface area contributed by atoms with E-state index in [4.69, 9.17) is 4.65 Å². The summed E-state index contributed by atoms with van der Waals surface area (Å²) in [4.78, 5) is 27.8. The van der Waals surface area contributed by atoms with Crippen LogP contribution in [-0.4, -0.2) is 46.9 Å². The highest BCUT2D eigenvalue weighted by molar-refractivity contribution is 6.43. The summed E-state index contributed by atoms with van der Waals surface area (Å²) in [6.45, 7) is 1.46. The standard InChI is InChI=1S/C32H32BF6NO6/c1-2-5-17(10-18-6-3-4-7-25(18)42)8-9-26-27-19(16-41)11-23-28(24(27)15-33(45)46-26)30(44)40(29(23)43)22-13-20(31(34,35)36)12-21(14-22)32(37,38)39/h3-4,6-7,10,12-14,23-24,26,28,41-42,45H,2,5,8-9,11,15-16H2,1H3/b17-10+/t23-,24+,26-,28-/m1/s1. The zero-order valence-corrected chi connectivity index (χ0v) is 24.7. The van der Waals surface area contributed by atoms with Gasteiger partial charge in [0.2, 0.25) is 11.8 Å². The van der Waals surface area contributed by atoms with Gasteiger partial charge in [-0.3, -0.25) is 9.59 Å². The number of imide groups is 1. The maximum atomic E-state index is 13.8. The monoisotopic (exact) mass is 651 g/mol. The lowest BCUT2D eigenvalue weighted by Gasteiger charge is -2.43. The summed E-state index contributed by atoms with van der Waals surface area (Å²) >= 11 is 0. The number of hydrogen-bond donors (Lipinski definition) is 3. The predicted octanol–water partition coefficient (Wildman–Crippen LogP) is 6.39. The van der Waals surface area contributed by atoms with Crippen molar-refractivity contribution >= 4 is 30.7 Å². The van der Waals surface area contributed by atoms with Crippen LogP contribution in [0.2, 0.25) is 6.32 Å². The van der Waals surface area contributed by atoms with Crippen LogP contribution in [0.25, 0.3) is 6.08 Å². The molecule has 0 radical (unpaired) electrons. The number of carbonyl (C=O) groups excluding carboxylic acids is 2. The molecule has 2 heterocycles. The smallest absolute Gasteiger partial charge is 0.455 e. The SMILES string of the molecule is CCC/C(=C\c1ccccc1O)CC[C@H]1OB(O)C[C@H]2C1=C(CO)C[C@H]1C(=O)N(c3cc(C(F)(F)F)cc(C(F)(F)F)c3)C(=O)[C@H]12. The second-order valence-electron chi connectivity index (χ2n) is 11.9. The molecule has 2 aromatic carbocycles. The fourth-order valence-corrected chi connectivity index (χ4v) is 6.97. The Balaban J connectivity index is 1.48. The second-order valence-corrected chi connectivity index (χ2v) is 11.9. The number of allylic oxidation sites excluding steroid dienone is 1. The molecule has 7 nitrogen and oxygen atoms in total. The molecule has 4 atom stereocenters. The van der Waals surface area contributed by atoms with Gasteiger partial charge in [0.15, 0.2) is 0 Å². The molecule has 2 fully saturated rings. The number of aliphatic hydroxyl groups is 1. The topological polar surface area (TPSA) is 107 Å². The van der Waals surface area contributed by atoms with Crippen molar-refractivity contribution in [3.63, 3.8) is 0 Å². The zero-order valence-electron chi connectivity index (χ0n) is 24.7. The molecule has 3 N–H and O–H groups in total. The van der Waals surface area contributed by atoms with Crippen molar-refractivity contribution in [2.45, 2.75) is 63.8 Å². The van der Waals surface area contributed by atoms with E-state index in [0.29, 0.717) is 53.0 Å². The number of aliphatic hydroxyl groups excluding tert-OH is 1. The van der Waals surface area contributed by atoms with Crippen molar-refractivity contribution in [2.24, 2.45) is 17.8 Å². The van der Waals surface area contributed by atoms with Crippen molar-refractivity contribution in [1.82, 2.24) is 0 Å². The lowest BCUT2D eigenvalue weighted by molar-refractivity contribution is -0.143. The van der Waals surface area contributed by atoms with Gasteiger partial charge in [-0.25, -0.2) is 4.90 Å². The number of hydrogen-bond acceptors (Lipinski definition) is 6. The Labute approximate surface area is 261 Å². The quantitative estimate of drug-likeness (QED) is 0.132. The van der Waals surface area contributed by atoms with E-state index in [1.54, 1.807) is 24.3 Å². The van der Waals surface area contributed by atoms with Crippen LogP contribution in [0.5, 0.6) is 5.75 Å². The molecule has 46 heavy (non-hydrogen) atoms. The molecule has 0 aromatic heterocycles. The number of aromatic hydroxyl groups is 1. The van der Waals surface area contributed by atoms with Crippen LogP contribution < -0.4 is 4.90 Å². The minimum absolute atomic E-state index is 0.0784. The molecule has 0 spiro atoms. The Morgan fingerprint density at radius 3 is 2.24 bits per heavy atom. The molecule has 2 amide bonds. The van der Waals surface area contributed by atoms with Gasteiger partial charge in [-0.1, -0.05) is 43.2 Å². The van der Waals surface area contributed by atoms with Crippen molar-refractivity contribution in [3.05, 3.63) is 75.9 Å². The number of nitrogens with zero attached hydrogens (tertiary/aromatic N) is 1. The van der Waals surface area contributed by atoms with E-state index in [2.05, 4.69) is 0 Å². The maximum Gasteiger partial charge on any atom is 0.455 e. The Morgan fingerprint density at radius 2 is 1.65 bits per heavy atom. The number of alkyl halides is 6. The van der Waals surface area contributed by atoms with Gasteiger partial charge >= 0.3 is 19.5 Å². The summed E-state index contributed by atoms with van der Waals surface area (Å²) in [5.74, 6) is -5.03. The van der Waals surface area contributed by atoms with E-state index in [1.807, 2.05) is 13.0 Å². The van der Waals surface area contributed by atoms with Gasteiger partial charge in [0.1, 0.15) is 5.75 Å². The molecule has 2 saturated heterocycles. The van der Waals surface area contributed by atoms with Crippen LogP contribution in [0.3, 0.4) is 0 Å². The highest BCUT2D eigenvalue weighted by Crippen LogP contribution is 2.52. The molecule has 3 aliphatic rings. The maximum absolute atomic E-state index is 13.8. The van der Waals surface area contributed by atoms with E-state index >= 15 is 0 Å². The number of carbonyl (C=O) groups is 2. The van der Waals surface area contributed by atoms with Gasteiger partial charge in [0, 0.05) is 5.56 Å². The summed E-state index contributed by atoms with van der Waals surface area (Å²) in [6.07, 6.45) is -7.38. The zero-order chi connectivity index (χ0) is 33.6. The second kappa shape index (κ2) is 12.9. The van der Waals surface area contributed by atoms with Gasteiger partial charge in [-0.05, 0) is 73.3 Å². The minimum Gasteiger partial charge on any atom is -0.507 e. The fraction of sp³-hybridized carbons (Fsp3) is 0.438. The lowest BCUT2D eigenvalue weighted by Crippen LogP contribution is -2.46. The van der Waals surface area contributed by atoms with Gasteiger partial charge in [-0.15, -0.1) is 0 Å². The Kier molecular flexibility index (Phi) is 9.45. The highest BCUT2D eigenvalue weighted by atomic mass is 19.4. The third kappa shape index (κ3) is 6.61. The van der Waals surface area contributed by atoms with Crippen molar-refractivity contribution in [1.29, 1.82) is 0 Å². The molecule has 0 saturated carbocycles. The Hall–Kier alpha value is -3.62. The number of para-hydroxylation sites is 1. The molecular weight excluding hydrogens is 619 g/mol. The van der Waals surface area contributed by atoms with Crippen LogP contribution >= 0.6 is 0 Å². The van der Waals surface area contributed by atoms with Crippen molar-refractivity contribution < 1.29 is 55.8 Å². The molecular formula is C32H32BF6NO6. The number of halogens is 6. The number of anilines is 1. The van der Waals surface area contributed by atoms with E-state index in [1.165, 1.54) is 0 Å². The fourth-order valence-electron chi connectivity index (χ4n) is 6.97. The first-order chi connectivity index (χ1) is 21.6. The molecule has 246 valence electrons. The van der Waals surface area contributed by atoms with Gasteiger partial charge in [0.25, 0.3) is 0 Å². The lowest BCUT2D eigenvalue weighted by atomic mass is 9.58. The Morgan fingerprint density at radius 1 is 1.00 bits per heavy atom. The third-order valence-electron chi connectivity index (χ3n) is 8.92. The average molecular weight is 651 g/mol. The van der Waals surface area contributed by atoms with E-state index < -0.39 is 78.6 Å². The third-order valence-corrected chi connectivity index (χ3v) is 8.92. The molecule has 0 bridgehead atoms. The van der Waals surface area contributed by atoms with Crippen LogP contribution in [0.1, 0.15) is 55.7 Å². The number of amides is 2. The summed E-state index contributed by atoms with van der Waals surface area (Å²) in [6, 6.07) is 7.40. The summed E-state index contributed by atoms with van der Waals surface area (Å²) < 4.78 is 87.4. The molecule has 0 unspecified atom stereocenters. The average Bonchev–Trinajstić information content (AvgIpc) is 3.24. The predicted molar refractivity (Wildman–Crippen MR) is 156 cm³/mol. The van der Waals surface area contributed by atoms with E-state index in [9.17, 15) is 51.2 Å². The van der Waals surface area contributed by atoms with E-state index in [0.717, 1.165) is 12.0 Å². The summed E-state index contributed by atoms with van der Waals surface area (Å²) in [7, 11) is -1.38. The molecule has 1 aliphatic carbocycles. The number of rotatable bonds is 8. The summed E-state index contributed by atoms with van der Waals surface area (Å²) in [5, 5.41) is 31.3. The molecule has 2 aliphatic heterocycles. The summed E-state index contributed by atoms with van der Waals surface area (Å²) in [5.41, 5.74) is -1.70. The minimum atomic E-state index is -5.18. The van der Waals surface area contributed by atoms with Gasteiger partial charge in [0.05, 0.1) is 41.4 Å². The first-order valence-corrected chi connectivity index (χ1v) is 14.9. The molecule has 14 heteroatoms. The highest BCUT2D eigenvalue weighted by Gasteiger charge is 2.58. The normalized spacial score (nSPS) is 24.1. The van der Waals surface area contributed by atoms with Crippen LogP contribution in [-0.2, 0) is 26.6 Å². The first-order valence-electron chi connectivity index (χ1n) is 14.9. The molecule has 5 rings (SSSR count). The van der Waals surface area contributed by atoms with Crippen LogP contribution in [0, 0.1) is 17.8 Å². The van der Waals surface area contributed by atoms with Gasteiger partial charge < -0.3 is 19.9 Å². The van der Waals surface area contributed by atoms with Crippen molar-refractivity contribution in [2.75, 3.05) is 11.5 Å². The van der Waals surface area contributed by atoms with Gasteiger partial charge in [-0.2, -0.15) is 26.3 Å². The number of fused-ring (bicyclic) bond motifs is 3. The number of phenols is 1.